The summed E-state index contributed by atoms with van der Waals surface area (Å²) in [6.07, 6.45) is -5.13. The number of ether oxygens (including phenoxy) is 1. The van der Waals surface area contributed by atoms with Crippen LogP contribution in [0.2, 0.25) is 0 Å². The second kappa shape index (κ2) is 4.73. The average molecular weight is 317 g/mol. The number of nitrogens with zero attached hydrogens (tertiary/aromatic N) is 1. The van der Waals surface area contributed by atoms with Crippen LogP contribution in [0.25, 0.3) is 0 Å². The van der Waals surface area contributed by atoms with Crippen LogP contribution in [0.5, 0.6) is 5.88 Å². The van der Waals surface area contributed by atoms with E-state index in [1.54, 1.807) is 4.98 Å². The second-order valence-electron chi connectivity index (χ2n) is 2.78. The summed E-state index contributed by atoms with van der Waals surface area (Å²) in [7, 11) is 0. The zero-order chi connectivity index (χ0) is 13.2. The molecule has 0 unspecified atom stereocenters. The summed E-state index contributed by atoms with van der Waals surface area (Å²) < 4.78 is 39.3. The third kappa shape index (κ3) is 3.44. The highest BCUT2D eigenvalue weighted by atomic mass is 79.9. The van der Waals surface area contributed by atoms with Gasteiger partial charge in [-0.05, 0) is 0 Å². The second-order valence-corrected chi connectivity index (χ2v) is 3.34. The van der Waals surface area contributed by atoms with Gasteiger partial charge in [-0.25, -0.2) is 0 Å². The molecule has 0 aliphatic rings. The van der Waals surface area contributed by atoms with Crippen LogP contribution >= 0.6 is 15.9 Å². The van der Waals surface area contributed by atoms with Crippen LogP contribution < -0.4 is 10.3 Å². The smallest absolute Gasteiger partial charge is 0.382 e. The number of rotatable bonds is 3. The summed E-state index contributed by atoms with van der Waals surface area (Å²) in [5, 5.41) is 10.5. The third-order valence-electron chi connectivity index (χ3n) is 1.61. The fraction of sp³-hybridized carbons (Fsp3) is 0.286. The molecule has 1 N–H and O–H groups in total. The van der Waals surface area contributed by atoms with Crippen molar-refractivity contribution >= 4 is 21.6 Å². The molecule has 1 aromatic rings. The van der Waals surface area contributed by atoms with Gasteiger partial charge in [0.25, 0.3) is 11.4 Å². The van der Waals surface area contributed by atoms with Crippen molar-refractivity contribution in [2.75, 3.05) is 0 Å². The van der Waals surface area contributed by atoms with Gasteiger partial charge in [-0.2, -0.15) is 0 Å². The molecule has 1 heterocycles. The lowest BCUT2D eigenvalue weighted by atomic mass is 10.2. The van der Waals surface area contributed by atoms with Gasteiger partial charge >= 0.3 is 12.0 Å². The Morgan fingerprint density at radius 3 is 2.53 bits per heavy atom. The number of hydrogen-bond donors (Lipinski definition) is 1. The number of aromatic amines is 1. The van der Waals surface area contributed by atoms with Gasteiger partial charge in [0.2, 0.25) is 0 Å². The summed E-state index contributed by atoms with van der Waals surface area (Å²) in [6.45, 7) is 0. The van der Waals surface area contributed by atoms with Crippen molar-refractivity contribution in [1.29, 1.82) is 0 Å². The maximum absolute atomic E-state index is 12.0. The molecule has 0 spiro atoms. The van der Waals surface area contributed by atoms with Crippen molar-refractivity contribution in [2.24, 2.45) is 0 Å². The molecular weight excluding hydrogens is 313 g/mol. The van der Waals surface area contributed by atoms with E-state index in [2.05, 4.69) is 20.7 Å². The van der Waals surface area contributed by atoms with E-state index in [4.69, 9.17) is 0 Å². The van der Waals surface area contributed by atoms with Gasteiger partial charge in [0.15, 0.2) is 0 Å². The van der Waals surface area contributed by atoms with E-state index in [-0.39, 0.29) is 10.9 Å². The Kier molecular flexibility index (Phi) is 3.76. The van der Waals surface area contributed by atoms with Gasteiger partial charge in [-0.15, -0.1) is 13.2 Å². The third-order valence-corrected chi connectivity index (χ3v) is 2.21. The predicted octanol–water partition coefficient (Wildman–Crippen LogP) is 2.08. The molecule has 0 bridgehead atoms. The molecule has 0 saturated carbocycles. The Hall–Kier alpha value is -1.58. The zero-order valence-electron chi connectivity index (χ0n) is 7.88. The highest BCUT2D eigenvalue weighted by Gasteiger charge is 2.36. The molecule has 17 heavy (non-hydrogen) atoms. The molecule has 0 saturated heterocycles. The number of hydrogen-bond acceptors (Lipinski definition) is 4. The van der Waals surface area contributed by atoms with Crippen molar-refractivity contribution in [2.45, 2.75) is 11.7 Å². The Labute approximate surface area is 99.7 Å². The lowest BCUT2D eigenvalue weighted by Gasteiger charge is -2.09. The van der Waals surface area contributed by atoms with E-state index in [0.717, 1.165) is 6.07 Å². The van der Waals surface area contributed by atoms with E-state index >= 15 is 0 Å². The molecule has 0 amide bonds. The highest BCUT2D eigenvalue weighted by molar-refractivity contribution is 9.08. The maximum atomic E-state index is 12.0. The fourth-order valence-electron chi connectivity index (χ4n) is 1.07. The number of halogens is 4. The summed E-state index contributed by atoms with van der Waals surface area (Å²) in [5.41, 5.74) is -2.07. The molecule has 1 rings (SSSR count). The molecular formula is C7H4BrF3N2O4. The molecule has 6 nitrogen and oxygen atoms in total. The lowest BCUT2D eigenvalue weighted by Crippen LogP contribution is -2.21. The minimum absolute atomic E-state index is 0.151. The van der Waals surface area contributed by atoms with Gasteiger partial charge in [0.1, 0.15) is 0 Å². The number of alkyl halides is 4. The van der Waals surface area contributed by atoms with E-state index < -0.39 is 28.4 Å². The first-order chi connectivity index (χ1) is 7.74. The molecule has 0 aromatic carbocycles. The molecule has 0 fully saturated rings. The van der Waals surface area contributed by atoms with Crippen LogP contribution in [0.4, 0.5) is 18.9 Å². The average Bonchev–Trinajstić information content (AvgIpc) is 2.12. The maximum Gasteiger partial charge on any atom is 0.574 e. The van der Waals surface area contributed by atoms with Crippen molar-refractivity contribution in [3.8, 4) is 5.88 Å². The van der Waals surface area contributed by atoms with Crippen molar-refractivity contribution in [1.82, 2.24) is 4.98 Å². The number of aromatic nitrogens is 1. The van der Waals surface area contributed by atoms with E-state index in [0.29, 0.717) is 0 Å². The van der Waals surface area contributed by atoms with Gasteiger partial charge < -0.3 is 4.74 Å². The van der Waals surface area contributed by atoms with Crippen LogP contribution in [0.1, 0.15) is 5.56 Å². The standard InChI is InChI=1S/C7H4BrF3N2O4/c8-2-3-1-4(14)12-6(5(3)13(15)16)17-7(9,10)11/h1H,2H2,(H,12,14). The van der Waals surface area contributed by atoms with Crippen LogP contribution in [0.3, 0.4) is 0 Å². The largest absolute Gasteiger partial charge is 0.574 e. The van der Waals surface area contributed by atoms with Crippen LogP contribution in [0.15, 0.2) is 10.9 Å². The van der Waals surface area contributed by atoms with Crippen LogP contribution in [0, 0.1) is 10.1 Å². The first-order valence-electron chi connectivity index (χ1n) is 3.97. The fourth-order valence-corrected chi connectivity index (χ4v) is 1.50. The van der Waals surface area contributed by atoms with Crippen molar-refractivity contribution in [3.05, 3.63) is 32.1 Å². The van der Waals surface area contributed by atoms with Crippen LogP contribution in [-0.2, 0) is 5.33 Å². The van der Waals surface area contributed by atoms with E-state index in [1.165, 1.54) is 0 Å². The molecule has 0 radical (unpaired) electrons. The monoisotopic (exact) mass is 316 g/mol. The van der Waals surface area contributed by atoms with Gasteiger partial charge in [0, 0.05) is 11.4 Å². The minimum atomic E-state index is -5.13. The lowest BCUT2D eigenvalue weighted by molar-refractivity contribution is -0.389. The first kappa shape index (κ1) is 13.5. The Morgan fingerprint density at radius 1 is 1.53 bits per heavy atom. The zero-order valence-corrected chi connectivity index (χ0v) is 9.46. The molecule has 94 valence electrons. The van der Waals surface area contributed by atoms with Crippen molar-refractivity contribution in [3.63, 3.8) is 0 Å². The number of H-pyrrole nitrogens is 1. The SMILES string of the molecule is O=c1cc(CBr)c([N+](=O)[O-])c(OC(F)(F)F)[nH]1. The number of nitro groups is 1. The number of nitrogens with one attached hydrogen (secondary N) is 1. The van der Waals surface area contributed by atoms with E-state index in [1.807, 2.05) is 0 Å². The molecule has 0 aliphatic carbocycles. The highest BCUT2D eigenvalue weighted by Crippen LogP contribution is 2.32. The molecule has 0 aliphatic heterocycles. The quantitative estimate of drug-likeness (QED) is 0.525. The van der Waals surface area contributed by atoms with Gasteiger partial charge in [-0.3, -0.25) is 19.9 Å². The molecule has 10 heteroatoms. The Morgan fingerprint density at radius 2 is 2.12 bits per heavy atom. The van der Waals surface area contributed by atoms with E-state index in [9.17, 15) is 28.1 Å². The number of pyridine rings is 1. The summed E-state index contributed by atoms with van der Waals surface area (Å²) >= 11 is 2.83. The van der Waals surface area contributed by atoms with Crippen molar-refractivity contribution < 1.29 is 22.8 Å². The predicted molar refractivity (Wildman–Crippen MR) is 53.0 cm³/mol. The van der Waals surface area contributed by atoms with Gasteiger partial charge in [-0.1, -0.05) is 15.9 Å². The minimum Gasteiger partial charge on any atom is -0.382 e. The Bertz CT molecular complexity index is 499. The topological polar surface area (TPSA) is 85.2 Å². The summed E-state index contributed by atoms with van der Waals surface area (Å²) in [5.74, 6) is -1.23. The summed E-state index contributed by atoms with van der Waals surface area (Å²) in [4.78, 5) is 22.2. The van der Waals surface area contributed by atoms with Crippen LogP contribution in [-0.4, -0.2) is 16.3 Å². The summed E-state index contributed by atoms with van der Waals surface area (Å²) in [6, 6.07) is 0.816. The van der Waals surface area contributed by atoms with Gasteiger partial charge in [0.05, 0.1) is 10.5 Å². The normalized spacial score (nSPS) is 11.3. The first-order valence-corrected chi connectivity index (χ1v) is 5.09. The molecule has 0 atom stereocenters. The molecule has 1 aromatic heterocycles. The Balaban J connectivity index is 3.41.